The zero-order chi connectivity index (χ0) is 15.9. The van der Waals surface area contributed by atoms with Crippen LogP contribution in [0.5, 0.6) is 0 Å². The van der Waals surface area contributed by atoms with E-state index in [1.54, 1.807) is 0 Å². The molecule has 22 heavy (non-hydrogen) atoms. The third-order valence-electron chi connectivity index (χ3n) is 3.71. The molecule has 0 aliphatic heterocycles. The van der Waals surface area contributed by atoms with Gasteiger partial charge in [0.15, 0.2) is 5.76 Å². The summed E-state index contributed by atoms with van der Waals surface area (Å²) < 4.78 is 6.87. The molecule has 0 atom stereocenters. The van der Waals surface area contributed by atoms with E-state index >= 15 is 0 Å². The molecule has 2 heterocycles. The van der Waals surface area contributed by atoms with Crippen LogP contribution in [-0.4, -0.2) is 4.98 Å². The Morgan fingerprint density at radius 2 is 1.95 bits per heavy atom. The van der Waals surface area contributed by atoms with Gasteiger partial charge in [-0.1, -0.05) is 22.5 Å². The predicted molar refractivity (Wildman–Crippen MR) is 95.0 cm³/mol. The third-order valence-corrected chi connectivity index (χ3v) is 4.20. The van der Waals surface area contributed by atoms with Crippen LogP contribution in [0.25, 0.3) is 16.7 Å². The topological polar surface area (TPSA) is 38.1 Å². The molecule has 3 nitrogen and oxygen atoms in total. The normalized spacial score (nSPS) is 10.9. The van der Waals surface area contributed by atoms with Gasteiger partial charge in [0.05, 0.1) is 5.70 Å². The van der Waals surface area contributed by atoms with Crippen LogP contribution in [0.4, 0.5) is 5.82 Å². The van der Waals surface area contributed by atoms with Crippen molar-refractivity contribution in [2.75, 3.05) is 5.32 Å². The molecule has 0 unspecified atom stereocenters. The maximum absolute atomic E-state index is 5.85. The molecule has 0 aliphatic carbocycles. The highest BCUT2D eigenvalue weighted by molar-refractivity contribution is 9.10. The van der Waals surface area contributed by atoms with Gasteiger partial charge < -0.3 is 9.73 Å². The van der Waals surface area contributed by atoms with E-state index in [0.717, 1.165) is 32.5 Å². The Morgan fingerprint density at radius 3 is 2.73 bits per heavy atom. The Kier molecular flexibility index (Phi) is 3.79. The minimum atomic E-state index is 0.702. The van der Waals surface area contributed by atoms with E-state index in [4.69, 9.17) is 4.42 Å². The van der Waals surface area contributed by atoms with Crippen molar-refractivity contribution in [2.45, 2.75) is 20.8 Å². The van der Waals surface area contributed by atoms with Gasteiger partial charge >= 0.3 is 0 Å². The van der Waals surface area contributed by atoms with Crippen LogP contribution >= 0.6 is 15.9 Å². The quantitative estimate of drug-likeness (QED) is 0.663. The van der Waals surface area contributed by atoms with Crippen molar-refractivity contribution >= 4 is 38.4 Å². The second kappa shape index (κ2) is 5.61. The molecule has 2 aromatic heterocycles. The van der Waals surface area contributed by atoms with Crippen LogP contribution in [-0.2, 0) is 0 Å². The summed E-state index contributed by atoms with van der Waals surface area (Å²) in [5.74, 6) is 1.54. The first-order valence-electron chi connectivity index (χ1n) is 7.04. The molecular formula is C18H17BrN2O. The summed E-state index contributed by atoms with van der Waals surface area (Å²) in [6.07, 6.45) is 0. The second-order valence-corrected chi connectivity index (χ2v) is 6.37. The van der Waals surface area contributed by atoms with E-state index in [9.17, 15) is 0 Å². The Labute approximate surface area is 138 Å². The minimum absolute atomic E-state index is 0.702. The van der Waals surface area contributed by atoms with Gasteiger partial charge in [0.2, 0.25) is 0 Å². The van der Waals surface area contributed by atoms with Gasteiger partial charge in [-0.15, -0.1) is 0 Å². The van der Waals surface area contributed by atoms with Crippen LogP contribution in [0.2, 0.25) is 0 Å². The maximum atomic E-state index is 5.85. The molecule has 0 spiro atoms. The Balaban J connectivity index is 1.93. The van der Waals surface area contributed by atoms with Crippen LogP contribution in [0.15, 0.2) is 45.8 Å². The van der Waals surface area contributed by atoms with E-state index in [1.165, 1.54) is 5.56 Å². The highest BCUT2D eigenvalue weighted by Gasteiger charge is 2.11. The number of rotatable bonds is 3. The Bertz CT molecular complexity index is 880. The van der Waals surface area contributed by atoms with Gasteiger partial charge in [0.25, 0.3) is 0 Å². The third kappa shape index (κ3) is 2.79. The monoisotopic (exact) mass is 356 g/mol. The zero-order valence-electron chi connectivity index (χ0n) is 12.8. The average molecular weight is 357 g/mol. The van der Waals surface area contributed by atoms with Crippen molar-refractivity contribution in [2.24, 2.45) is 0 Å². The molecule has 0 saturated carbocycles. The number of aromatic nitrogens is 1. The van der Waals surface area contributed by atoms with Crippen LogP contribution in [0.3, 0.4) is 0 Å². The Morgan fingerprint density at radius 1 is 1.18 bits per heavy atom. The number of benzene rings is 1. The van der Waals surface area contributed by atoms with Crippen molar-refractivity contribution in [3.8, 4) is 0 Å². The number of hydrogen-bond donors (Lipinski definition) is 1. The molecule has 0 fully saturated rings. The van der Waals surface area contributed by atoms with Crippen LogP contribution in [0.1, 0.15) is 22.6 Å². The molecule has 0 bridgehead atoms. The fourth-order valence-electron chi connectivity index (χ4n) is 2.39. The number of pyridine rings is 1. The SMILES string of the molecule is C=C(Nc1nc(C)cc(C)c1C)c1cc2cc(Br)ccc2o1. The van der Waals surface area contributed by atoms with Crippen molar-refractivity contribution in [1.29, 1.82) is 0 Å². The lowest BCUT2D eigenvalue weighted by Gasteiger charge is -2.12. The molecule has 4 heteroatoms. The number of hydrogen-bond acceptors (Lipinski definition) is 3. The lowest BCUT2D eigenvalue weighted by molar-refractivity contribution is 0.600. The number of aryl methyl sites for hydroxylation is 2. The lowest BCUT2D eigenvalue weighted by Crippen LogP contribution is -2.03. The predicted octanol–water partition coefficient (Wildman–Crippen LogP) is 5.60. The van der Waals surface area contributed by atoms with Gasteiger partial charge in [0, 0.05) is 15.6 Å². The summed E-state index contributed by atoms with van der Waals surface area (Å²) in [6, 6.07) is 9.98. The second-order valence-electron chi connectivity index (χ2n) is 5.45. The van der Waals surface area contributed by atoms with Gasteiger partial charge in [-0.2, -0.15) is 0 Å². The molecule has 1 N–H and O–H groups in total. The Hall–Kier alpha value is -2.07. The van der Waals surface area contributed by atoms with Crippen molar-refractivity contribution in [3.63, 3.8) is 0 Å². The molecule has 3 aromatic rings. The zero-order valence-corrected chi connectivity index (χ0v) is 14.4. The number of halogens is 1. The highest BCUT2D eigenvalue weighted by atomic mass is 79.9. The standard InChI is InChI=1S/C18H17BrN2O/c1-10-7-11(2)20-18(12(10)3)21-13(4)17-9-14-8-15(19)5-6-16(14)22-17/h5-9H,4H2,1-3H3,(H,20,21). The smallest absolute Gasteiger partial charge is 0.151 e. The average Bonchev–Trinajstić information content (AvgIpc) is 2.87. The summed E-state index contributed by atoms with van der Waals surface area (Å²) in [5.41, 5.74) is 4.84. The van der Waals surface area contributed by atoms with Crippen molar-refractivity contribution in [1.82, 2.24) is 4.98 Å². The van der Waals surface area contributed by atoms with Gasteiger partial charge in [-0.05, 0) is 62.2 Å². The molecular weight excluding hydrogens is 340 g/mol. The van der Waals surface area contributed by atoms with Gasteiger partial charge in [-0.3, -0.25) is 0 Å². The first kappa shape index (κ1) is 14.9. The summed E-state index contributed by atoms with van der Waals surface area (Å²) in [5, 5.41) is 4.31. The number of fused-ring (bicyclic) bond motifs is 1. The van der Waals surface area contributed by atoms with E-state index in [0.29, 0.717) is 11.5 Å². The van der Waals surface area contributed by atoms with Crippen LogP contribution in [0, 0.1) is 20.8 Å². The molecule has 1 aromatic carbocycles. The summed E-state index contributed by atoms with van der Waals surface area (Å²) in [6.45, 7) is 10.2. The number of anilines is 1. The molecule has 112 valence electrons. The van der Waals surface area contributed by atoms with Crippen LogP contribution < -0.4 is 5.32 Å². The fourth-order valence-corrected chi connectivity index (χ4v) is 2.77. The number of nitrogens with zero attached hydrogens (tertiary/aromatic N) is 1. The molecule has 0 amide bonds. The van der Waals surface area contributed by atoms with Gasteiger partial charge in [0.1, 0.15) is 11.4 Å². The first-order valence-corrected chi connectivity index (χ1v) is 7.83. The first-order chi connectivity index (χ1) is 10.4. The summed E-state index contributed by atoms with van der Waals surface area (Å²) in [7, 11) is 0. The highest BCUT2D eigenvalue weighted by Crippen LogP contribution is 2.28. The summed E-state index contributed by atoms with van der Waals surface area (Å²) in [4.78, 5) is 4.55. The fraction of sp³-hybridized carbons (Fsp3) is 0.167. The molecule has 0 aliphatic rings. The lowest BCUT2D eigenvalue weighted by atomic mass is 10.1. The largest absolute Gasteiger partial charge is 0.455 e. The van der Waals surface area contributed by atoms with E-state index in [-0.39, 0.29) is 0 Å². The maximum Gasteiger partial charge on any atom is 0.151 e. The number of furan rings is 1. The minimum Gasteiger partial charge on any atom is -0.455 e. The van der Waals surface area contributed by atoms with Crippen molar-refractivity contribution < 1.29 is 4.42 Å². The van der Waals surface area contributed by atoms with E-state index in [2.05, 4.69) is 45.8 Å². The van der Waals surface area contributed by atoms with Crippen molar-refractivity contribution in [3.05, 3.63) is 64.0 Å². The molecule has 0 saturated heterocycles. The van der Waals surface area contributed by atoms with Gasteiger partial charge in [-0.25, -0.2) is 4.98 Å². The summed E-state index contributed by atoms with van der Waals surface area (Å²) >= 11 is 3.47. The number of nitrogens with one attached hydrogen (secondary N) is 1. The van der Waals surface area contributed by atoms with E-state index in [1.807, 2.05) is 38.1 Å². The van der Waals surface area contributed by atoms with E-state index < -0.39 is 0 Å². The molecule has 0 radical (unpaired) electrons. The molecule has 3 rings (SSSR count).